The Morgan fingerprint density at radius 1 is 1.30 bits per heavy atom. The van der Waals surface area contributed by atoms with Gasteiger partial charge >= 0.3 is 5.97 Å². The van der Waals surface area contributed by atoms with Gasteiger partial charge in [0.2, 0.25) is 0 Å². The Morgan fingerprint density at radius 2 is 2.00 bits per heavy atom. The van der Waals surface area contributed by atoms with E-state index >= 15 is 0 Å². The maximum Gasteiger partial charge on any atom is 0.328 e. The van der Waals surface area contributed by atoms with Gasteiger partial charge in [0.25, 0.3) is 5.91 Å². The summed E-state index contributed by atoms with van der Waals surface area (Å²) in [6.45, 7) is 4.27. The van der Waals surface area contributed by atoms with E-state index in [0.29, 0.717) is 24.2 Å². The van der Waals surface area contributed by atoms with Crippen LogP contribution in [0, 0.1) is 13.8 Å². The number of carbonyl (C=O) groups excluding carboxylic acids is 2. The molecular formula is C14H21N3O3. The third-order valence-corrected chi connectivity index (χ3v) is 3.96. The molecule has 0 aliphatic carbocycles. The van der Waals surface area contributed by atoms with Crippen molar-refractivity contribution >= 4 is 11.9 Å². The lowest BCUT2D eigenvalue weighted by Crippen LogP contribution is -2.48. The average molecular weight is 279 g/mol. The molecule has 1 amide bonds. The number of likely N-dealkylation sites (tertiary alicyclic amines) is 1. The van der Waals surface area contributed by atoms with Gasteiger partial charge in [0.05, 0.1) is 18.4 Å². The Hall–Kier alpha value is -1.85. The SMILES string of the molecule is COC(=O)C1CCCCN1C(=O)c1c(C)nn(C)c1C. The van der Waals surface area contributed by atoms with Crippen LogP contribution in [0.1, 0.15) is 41.0 Å². The molecule has 6 heteroatoms. The number of esters is 1. The lowest BCUT2D eigenvalue weighted by molar-refractivity contribution is -0.147. The molecule has 1 aliphatic rings. The fourth-order valence-electron chi connectivity index (χ4n) is 2.78. The number of amides is 1. The van der Waals surface area contributed by atoms with Crippen LogP contribution in [0.3, 0.4) is 0 Å². The highest BCUT2D eigenvalue weighted by Gasteiger charge is 2.35. The van der Waals surface area contributed by atoms with E-state index in [1.807, 2.05) is 20.9 Å². The molecule has 0 aromatic carbocycles. The highest BCUT2D eigenvalue weighted by Crippen LogP contribution is 2.23. The highest BCUT2D eigenvalue weighted by atomic mass is 16.5. The van der Waals surface area contributed by atoms with E-state index in [1.165, 1.54) is 7.11 Å². The first kappa shape index (κ1) is 14.6. The maximum atomic E-state index is 12.8. The van der Waals surface area contributed by atoms with Gasteiger partial charge in [-0.05, 0) is 33.1 Å². The van der Waals surface area contributed by atoms with Crippen molar-refractivity contribution in [2.24, 2.45) is 7.05 Å². The van der Waals surface area contributed by atoms with E-state index in [0.717, 1.165) is 18.5 Å². The molecule has 0 N–H and O–H groups in total. The summed E-state index contributed by atoms with van der Waals surface area (Å²) in [5, 5.41) is 4.27. The smallest absolute Gasteiger partial charge is 0.328 e. The van der Waals surface area contributed by atoms with Gasteiger partial charge in [-0.3, -0.25) is 9.48 Å². The van der Waals surface area contributed by atoms with Gasteiger partial charge in [0.15, 0.2) is 0 Å². The zero-order valence-corrected chi connectivity index (χ0v) is 12.5. The molecule has 2 heterocycles. The molecule has 1 aromatic heterocycles. The number of rotatable bonds is 2. The van der Waals surface area contributed by atoms with Gasteiger partial charge in [0.1, 0.15) is 6.04 Å². The predicted octanol–water partition coefficient (Wildman–Crippen LogP) is 1.20. The van der Waals surface area contributed by atoms with E-state index in [4.69, 9.17) is 4.74 Å². The Balaban J connectivity index is 2.32. The maximum absolute atomic E-state index is 12.8. The molecule has 0 saturated carbocycles. The molecule has 0 bridgehead atoms. The minimum absolute atomic E-state index is 0.122. The van der Waals surface area contributed by atoms with Gasteiger partial charge in [-0.25, -0.2) is 4.79 Å². The quantitative estimate of drug-likeness (QED) is 0.763. The van der Waals surface area contributed by atoms with Crippen LogP contribution in [-0.2, 0) is 16.6 Å². The zero-order chi connectivity index (χ0) is 14.9. The van der Waals surface area contributed by atoms with Crippen LogP contribution in [0.4, 0.5) is 0 Å². The van der Waals surface area contributed by atoms with Crippen LogP contribution in [-0.4, -0.2) is 46.3 Å². The number of nitrogens with zero attached hydrogens (tertiary/aromatic N) is 3. The fraction of sp³-hybridized carbons (Fsp3) is 0.643. The Kier molecular flexibility index (Phi) is 4.11. The molecule has 20 heavy (non-hydrogen) atoms. The minimum Gasteiger partial charge on any atom is -0.467 e. The number of ether oxygens (including phenoxy) is 1. The van der Waals surface area contributed by atoms with Crippen molar-refractivity contribution in [1.29, 1.82) is 0 Å². The van der Waals surface area contributed by atoms with Gasteiger partial charge in [0, 0.05) is 19.3 Å². The number of hydrogen-bond acceptors (Lipinski definition) is 4. The summed E-state index contributed by atoms with van der Waals surface area (Å²) in [6.07, 6.45) is 2.52. The molecule has 1 atom stereocenters. The lowest BCUT2D eigenvalue weighted by Gasteiger charge is -2.33. The van der Waals surface area contributed by atoms with Crippen molar-refractivity contribution in [2.75, 3.05) is 13.7 Å². The summed E-state index contributed by atoms with van der Waals surface area (Å²) in [4.78, 5) is 26.2. The number of aryl methyl sites for hydroxylation is 2. The van der Waals surface area contributed by atoms with E-state index in [2.05, 4.69) is 5.10 Å². The second-order valence-electron chi connectivity index (χ2n) is 5.20. The summed E-state index contributed by atoms with van der Waals surface area (Å²) in [7, 11) is 3.17. The van der Waals surface area contributed by atoms with E-state index in [-0.39, 0.29) is 11.9 Å². The molecule has 1 unspecified atom stereocenters. The highest BCUT2D eigenvalue weighted by molar-refractivity contribution is 5.98. The van der Waals surface area contributed by atoms with Crippen molar-refractivity contribution in [3.05, 3.63) is 17.0 Å². The molecule has 1 aromatic rings. The Labute approximate surface area is 118 Å². The second kappa shape index (κ2) is 5.64. The van der Waals surface area contributed by atoms with Gasteiger partial charge < -0.3 is 9.64 Å². The minimum atomic E-state index is -0.472. The van der Waals surface area contributed by atoms with E-state index in [9.17, 15) is 9.59 Å². The third-order valence-electron chi connectivity index (χ3n) is 3.96. The summed E-state index contributed by atoms with van der Waals surface area (Å²) in [6, 6.07) is -0.472. The molecule has 1 fully saturated rings. The van der Waals surface area contributed by atoms with Crippen molar-refractivity contribution in [2.45, 2.75) is 39.2 Å². The van der Waals surface area contributed by atoms with E-state index in [1.54, 1.807) is 9.58 Å². The number of methoxy groups -OCH3 is 1. The average Bonchev–Trinajstić information content (AvgIpc) is 2.70. The summed E-state index contributed by atoms with van der Waals surface area (Å²) in [5.41, 5.74) is 2.12. The normalized spacial score (nSPS) is 19.0. The summed E-state index contributed by atoms with van der Waals surface area (Å²) >= 11 is 0. The van der Waals surface area contributed by atoms with Crippen LogP contribution in [0.2, 0.25) is 0 Å². The van der Waals surface area contributed by atoms with E-state index < -0.39 is 6.04 Å². The van der Waals surface area contributed by atoms with Crippen molar-refractivity contribution in [1.82, 2.24) is 14.7 Å². The Morgan fingerprint density at radius 3 is 2.55 bits per heavy atom. The largest absolute Gasteiger partial charge is 0.467 e. The van der Waals surface area contributed by atoms with Crippen molar-refractivity contribution < 1.29 is 14.3 Å². The van der Waals surface area contributed by atoms with Crippen LogP contribution >= 0.6 is 0 Å². The molecule has 0 spiro atoms. The van der Waals surface area contributed by atoms with Crippen molar-refractivity contribution in [3.63, 3.8) is 0 Å². The fourth-order valence-corrected chi connectivity index (χ4v) is 2.78. The lowest BCUT2D eigenvalue weighted by atomic mass is 10.0. The van der Waals surface area contributed by atoms with Crippen LogP contribution in [0.5, 0.6) is 0 Å². The first-order valence-corrected chi connectivity index (χ1v) is 6.86. The first-order valence-electron chi connectivity index (χ1n) is 6.86. The summed E-state index contributed by atoms with van der Waals surface area (Å²) < 4.78 is 6.51. The molecular weight excluding hydrogens is 258 g/mol. The van der Waals surface area contributed by atoms with Crippen molar-refractivity contribution in [3.8, 4) is 0 Å². The number of hydrogen-bond donors (Lipinski definition) is 0. The van der Waals surface area contributed by atoms with Gasteiger partial charge in [-0.1, -0.05) is 0 Å². The monoisotopic (exact) mass is 279 g/mol. The second-order valence-corrected chi connectivity index (χ2v) is 5.20. The van der Waals surface area contributed by atoms with Crippen LogP contribution in [0.15, 0.2) is 0 Å². The van der Waals surface area contributed by atoms with Gasteiger partial charge in [-0.2, -0.15) is 5.10 Å². The number of carbonyl (C=O) groups is 2. The third kappa shape index (κ3) is 2.42. The number of aromatic nitrogens is 2. The predicted molar refractivity (Wildman–Crippen MR) is 73.4 cm³/mol. The molecule has 1 saturated heterocycles. The summed E-state index contributed by atoms with van der Waals surface area (Å²) in [5.74, 6) is -0.458. The first-order chi connectivity index (χ1) is 9.47. The molecule has 1 aliphatic heterocycles. The Bertz CT molecular complexity index is 536. The molecule has 0 radical (unpaired) electrons. The number of piperidine rings is 1. The van der Waals surface area contributed by atoms with Crippen LogP contribution < -0.4 is 0 Å². The zero-order valence-electron chi connectivity index (χ0n) is 12.5. The van der Waals surface area contributed by atoms with Gasteiger partial charge in [-0.15, -0.1) is 0 Å². The van der Waals surface area contributed by atoms with Crippen LogP contribution in [0.25, 0.3) is 0 Å². The topological polar surface area (TPSA) is 64.4 Å². The molecule has 6 nitrogen and oxygen atoms in total. The standard InChI is InChI=1S/C14H21N3O3/c1-9-12(10(2)16(3)15-9)13(18)17-8-6-5-7-11(17)14(19)20-4/h11H,5-8H2,1-4H3. The molecule has 110 valence electrons. The molecule has 2 rings (SSSR count).